The molecule has 2 heteroatoms. The lowest BCUT2D eigenvalue weighted by atomic mass is 9.81. The number of hydrogen-bond acceptors (Lipinski definition) is 1. The Morgan fingerprint density at radius 3 is 1.89 bits per heavy atom. The van der Waals surface area contributed by atoms with Crippen LogP contribution in [0.25, 0.3) is 60.9 Å². The average molecular weight is 695 g/mol. The SMILES string of the molecule is C=C(/C=C\C=C/C)n1c2ccccc2c2cc(-c3ccc(N(c4ccc(-c5ccccc5)cc4)c4cccc5c4C(C)(C)c4ccccc4-5)cc3)ccc21. The van der Waals surface area contributed by atoms with Crippen LogP contribution < -0.4 is 4.90 Å². The zero-order valence-electron chi connectivity index (χ0n) is 31.0. The molecule has 1 aromatic heterocycles. The Labute approximate surface area is 318 Å². The van der Waals surface area contributed by atoms with Crippen LogP contribution in [0.2, 0.25) is 0 Å². The molecule has 2 nitrogen and oxygen atoms in total. The fourth-order valence-electron chi connectivity index (χ4n) is 8.48. The molecule has 1 aliphatic carbocycles. The molecule has 8 aromatic rings. The van der Waals surface area contributed by atoms with E-state index in [-0.39, 0.29) is 5.41 Å². The van der Waals surface area contributed by atoms with Gasteiger partial charge in [0, 0.05) is 33.3 Å². The van der Waals surface area contributed by atoms with Crippen molar-refractivity contribution >= 4 is 44.6 Å². The second kappa shape index (κ2) is 13.4. The summed E-state index contributed by atoms with van der Waals surface area (Å²) in [5, 5.41) is 2.44. The minimum Gasteiger partial charge on any atom is -0.310 e. The molecule has 0 unspecified atom stereocenters. The maximum Gasteiger partial charge on any atom is 0.0541 e. The fraction of sp³-hybridized carbons (Fsp3) is 0.0769. The molecule has 0 N–H and O–H groups in total. The lowest BCUT2D eigenvalue weighted by molar-refractivity contribution is 0.661. The molecule has 1 heterocycles. The van der Waals surface area contributed by atoms with Gasteiger partial charge in [-0.15, -0.1) is 0 Å². The van der Waals surface area contributed by atoms with Crippen molar-refractivity contribution in [2.24, 2.45) is 0 Å². The van der Waals surface area contributed by atoms with Gasteiger partial charge in [0.05, 0.1) is 16.7 Å². The van der Waals surface area contributed by atoms with E-state index in [2.05, 4.69) is 200 Å². The number of rotatable bonds is 8. The Morgan fingerprint density at radius 1 is 0.556 bits per heavy atom. The van der Waals surface area contributed by atoms with Crippen molar-refractivity contribution in [3.63, 3.8) is 0 Å². The predicted molar refractivity (Wildman–Crippen MR) is 232 cm³/mol. The summed E-state index contributed by atoms with van der Waals surface area (Å²) in [6, 6.07) is 59.8. The molecule has 0 bridgehead atoms. The number of para-hydroxylation sites is 1. The first-order chi connectivity index (χ1) is 26.4. The van der Waals surface area contributed by atoms with Crippen molar-refractivity contribution in [2.75, 3.05) is 4.90 Å². The van der Waals surface area contributed by atoms with Crippen molar-refractivity contribution in [1.82, 2.24) is 4.57 Å². The second-order valence-electron chi connectivity index (χ2n) is 14.6. The van der Waals surface area contributed by atoms with Gasteiger partial charge in [-0.2, -0.15) is 0 Å². The van der Waals surface area contributed by atoms with Crippen molar-refractivity contribution in [3.8, 4) is 33.4 Å². The smallest absolute Gasteiger partial charge is 0.0541 e. The Morgan fingerprint density at radius 2 is 1.15 bits per heavy atom. The van der Waals surface area contributed by atoms with E-state index in [1.807, 2.05) is 25.2 Å². The van der Waals surface area contributed by atoms with E-state index in [0.717, 1.165) is 28.1 Å². The van der Waals surface area contributed by atoms with E-state index in [9.17, 15) is 0 Å². The number of aromatic nitrogens is 1. The van der Waals surface area contributed by atoms with Gasteiger partial charge in [-0.3, -0.25) is 0 Å². The van der Waals surface area contributed by atoms with Crippen LogP contribution >= 0.6 is 0 Å². The highest BCUT2D eigenvalue weighted by Gasteiger charge is 2.38. The van der Waals surface area contributed by atoms with Gasteiger partial charge < -0.3 is 9.47 Å². The molecule has 9 rings (SSSR count). The van der Waals surface area contributed by atoms with Crippen LogP contribution in [-0.2, 0) is 5.41 Å². The molecule has 0 atom stereocenters. The number of allylic oxidation sites excluding steroid dienone is 5. The van der Waals surface area contributed by atoms with E-state index in [1.165, 1.54) is 61.0 Å². The van der Waals surface area contributed by atoms with Gasteiger partial charge in [-0.05, 0) is 106 Å². The van der Waals surface area contributed by atoms with E-state index < -0.39 is 0 Å². The molecule has 0 amide bonds. The van der Waals surface area contributed by atoms with Crippen LogP contribution in [-0.4, -0.2) is 4.57 Å². The lowest BCUT2D eigenvalue weighted by Gasteiger charge is -2.32. The third kappa shape index (κ3) is 5.50. The molecule has 0 radical (unpaired) electrons. The Kier molecular flexibility index (Phi) is 8.24. The van der Waals surface area contributed by atoms with Gasteiger partial charge in [0.15, 0.2) is 0 Å². The second-order valence-corrected chi connectivity index (χ2v) is 14.6. The Bertz CT molecular complexity index is 2740. The molecule has 260 valence electrons. The van der Waals surface area contributed by atoms with Crippen LogP contribution in [0.4, 0.5) is 17.1 Å². The first-order valence-electron chi connectivity index (χ1n) is 18.8. The summed E-state index contributed by atoms with van der Waals surface area (Å²) in [7, 11) is 0. The summed E-state index contributed by atoms with van der Waals surface area (Å²) in [6.07, 6.45) is 8.18. The summed E-state index contributed by atoms with van der Waals surface area (Å²) in [5.41, 5.74) is 16.7. The van der Waals surface area contributed by atoms with Gasteiger partial charge in [-0.1, -0.05) is 154 Å². The van der Waals surface area contributed by atoms with Gasteiger partial charge in [-0.25, -0.2) is 0 Å². The highest BCUT2D eigenvalue weighted by molar-refractivity contribution is 6.11. The number of fused-ring (bicyclic) bond motifs is 6. The average Bonchev–Trinajstić information content (AvgIpc) is 3.67. The molecule has 1 aliphatic rings. The first kappa shape index (κ1) is 33.2. The number of benzene rings is 7. The van der Waals surface area contributed by atoms with Crippen molar-refractivity contribution in [3.05, 3.63) is 206 Å². The van der Waals surface area contributed by atoms with Crippen LogP contribution in [0.3, 0.4) is 0 Å². The molecule has 0 aliphatic heterocycles. The number of nitrogens with zero attached hydrogens (tertiary/aromatic N) is 2. The topological polar surface area (TPSA) is 8.17 Å². The van der Waals surface area contributed by atoms with E-state index in [1.54, 1.807) is 0 Å². The Hall–Kier alpha value is -6.64. The molecular formula is C52H42N2. The lowest BCUT2D eigenvalue weighted by Crippen LogP contribution is -2.20. The first-order valence-corrected chi connectivity index (χ1v) is 18.8. The molecule has 54 heavy (non-hydrogen) atoms. The number of anilines is 3. The molecule has 7 aromatic carbocycles. The van der Waals surface area contributed by atoms with E-state index >= 15 is 0 Å². The standard InChI is InChI=1S/C52H42N2/c1-5-6-8-16-36(2)53-48-23-14-12-20-44(48)46-35-40(29-34-49(46)53)39-27-32-42(33-28-39)54(41-30-25-38(26-31-41)37-17-9-7-10-18-37)50-24-15-21-45-43-19-11-13-22-47(43)52(3,4)51(45)50/h5-35H,2H2,1,3-4H3/b6-5-,16-8-. The predicted octanol–water partition coefficient (Wildman–Crippen LogP) is 14.5. The summed E-state index contributed by atoms with van der Waals surface area (Å²) in [6.45, 7) is 11.2. The third-order valence-corrected chi connectivity index (χ3v) is 11.0. The number of hydrogen-bond donors (Lipinski definition) is 0. The van der Waals surface area contributed by atoms with Gasteiger partial charge >= 0.3 is 0 Å². The highest BCUT2D eigenvalue weighted by Crippen LogP contribution is 2.54. The zero-order chi connectivity index (χ0) is 36.8. The van der Waals surface area contributed by atoms with E-state index in [4.69, 9.17) is 0 Å². The maximum absolute atomic E-state index is 4.43. The highest BCUT2D eigenvalue weighted by atomic mass is 15.1. The van der Waals surface area contributed by atoms with Gasteiger partial charge in [0.1, 0.15) is 0 Å². The Balaban J connectivity index is 1.15. The minimum absolute atomic E-state index is 0.160. The molecule has 0 fully saturated rings. The molecule has 0 saturated carbocycles. The van der Waals surface area contributed by atoms with Crippen LogP contribution in [0, 0.1) is 0 Å². The zero-order valence-corrected chi connectivity index (χ0v) is 31.0. The quantitative estimate of drug-likeness (QED) is 0.144. The fourth-order valence-corrected chi connectivity index (χ4v) is 8.48. The van der Waals surface area contributed by atoms with Crippen molar-refractivity contribution in [2.45, 2.75) is 26.2 Å². The maximum atomic E-state index is 4.43. The summed E-state index contributed by atoms with van der Waals surface area (Å²) < 4.78 is 2.26. The van der Waals surface area contributed by atoms with Crippen molar-refractivity contribution in [1.29, 1.82) is 0 Å². The van der Waals surface area contributed by atoms with Crippen LogP contribution in [0.1, 0.15) is 31.9 Å². The summed E-state index contributed by atoms with van der Waals surface area (Å²) in [4.78, 5) is 2.44. The molecule has 0 saturated heterocycles. The van der Waals surface area contributed by atoms with Gasteiger partial charge in [0.2, 0.25) is 0 Å². The van der Waals surface area contributed by atoms with Crippen molar-refractivity contribution < 1.29 is 0 Å². The van der Waals surface area contributed by atoms with Crippen LogP contribution in [0.5, 0.6) is 0 Å². The third-order valence-electron chi connectivity index (χ3n) is 11.0. The van der Waals surface area contributed by atoms with Crippen LogP contribution in [0.15, 0.2) is 195 Å². The molecule has 0 spiro atoms. The molecular weight excluding hydrogens is 653 g/mol. The van der Waals surface area contributed by atoms with Gasteiger partial charge in [0.25, 0.3) is 0 Å². The van der Waals surface area contributed by atoms with E-state index in [0.29, 0.717) is 0 Å². The summed E-state index contributed by atoms with van der Waals surface area (Å²) in [5.74, 6) is 0. The normalized spacial score (nSPS) is 13.2. The monoisotopic (exact) mass is 694 g/mol. The largest absolute Gasteiger partial charge is 0.310 e. The summed E-state index contributed by atoms with van der Waals surface area (Å²) >= 11 is 0. The minimum atomic E-state index is -0.160.